The SMILES string of the molecule is Cc1ccc(-c2cc(C(=O)N(Cc3ccccc3)[C@H]3CCS(=O)(=O)C3)no2)cc1. The summed E-state index contributed by atoms with van der Waals surface area (Å²) in [5, 5.41) is 3.97. The maximum Gasteiger partial charge on any atom is 0.276 e. The van der Waals surface area contributed by atoms with Crippen LogP contribution >= 0.6 is 0 Å². The largest absolute Gasteiger partial charge is 0.355 e. The van der Waals surface area contributed by atoms with E-state index in [9.17, 15) is 13.2 Å². The number of aryl methyl sites for hydroxylation is 1. The van der Waals surface area contributed by atoms with Gasteiger partial charge in [0.1, 0.15) is 0 Å². The Morgan fingerprint density at radius 2 is 1.86 bits per heavy atom. The quantitative estimate of drug-likeness (QED) is 0.643. The van der Waals surface area contributed by atoms with Gasteiger partial charge in [-0.05, 0) is 18.9 Å². The van der Waals surface area contributed by atoms with E-state index in [0.29, 0.717) is 18.7 Å². The lowest BCUT2D eigenvalue weighted by molar-refractivity contribution is 0.0670. The molecule has 7 heteroatoms. The number of rotatable bonds is 5. The van der Waals surface area contributed by atoms with E-state index in [4.69, 9.17) is 4.52 Å². The third-order valence-electron chi connectivity index (χ3n) is 5.17. The van der Waals surface area contributed by atoms with E-state index < -0.39 is 9.84 Å². The molecule has 1 aromatic heterocycles. The van der Waals surface area contributed by atoms with E-state index in [0.717, 1.165) is 16.7 Å². The fraction of sp³-hybridized carbons (Fsp3) is 0.273. The zero-order chi connectivity index (χ0) is 20.4. The number of hydrogen-bond donors (Lipinski definition) is 0. The number of amides is 1. The van der Waals surface area contributed by atoms with Crippen LogP contribution in [0.1, 0.15) is 28.0 Å². The number of benzene rings is 2. The second-order valence-electron chi connectivity index (χ2n) is 7.42. The van der Waals surface area contributed by atoms with Crippen molar-refractivity contribution < 1.29 is 17.7 Å². The molecule has 0 unspecified atom stereocenters. The molecule has 1 aliphatic heterocycles. The van der Waals surface area contributed by atoms with Crippen LogP contribution in [0.15, 0.2) is 65.2 Å². The first-order valence-corrected chi connectivity index (χ1v) is 11.3. The van der Waals surface area contributed by atoms with Gasteiger partial charge in [0.25, 0.3) is 5.91 Å². The summed E-state index contributed by atoms with van der Waals surface area (Å²) in [6.07, 6.45) is 0.434. The van der Waals surface area contributed by atoms with Crippen LogP contribution in [0.25, 0.3) is 11.3 Å². The van der Waals surface area contributed by atoms with Crippen molar-refractivity contribution in [2.75, 3.05) is 11.5 Å². The maximum absolute atomic E-state index is 13.3. The molecule has 1 aliphatic rings. The van der Waals surface area contributed by atoms with E-state index in [1.165, 1.54) is 0 Å². The van der Waals surface area contributed by atoms with Crippen molar-refractivity contribution in [2.24, 2.45) is 0 Å². The van der Waals surface area contributed by atoms with Gasteiger partial charge in [-0.1, -0.05) is 65.3 Å². The Balaban J connectivity index is 1.62. The molecule has 4 rings (SSSR count). The molecule has 1 atom stereocenters. The molecule has 29 heavy (non-hydrogen) atoms. The Labute approximate surface area is 170 Å². The van der Waals surface area contributed by atoms with Gasteiger partial charge in [0.05, 0.1) is 11.5 Å². The van der Waals surface area contributed by atoms with Crippen LogP contribution in [0.5, 0.6) is 0 Å². The number of aromatic nitrogens is 1. The minimum atomic E-state index is -3.13. The Bertz CT molecular complexity index is 1110. The van der Waals surface area contributed by atoms with Gasteiger partial charge >= 0.3 is 0 Å². The molecule has 0 saturated carbocycles. The summed E-state index contributed by atoms with van der Waals surface area (Å²) in [6, 6.07) is 18.5. The summed E-state index contributed by atoms with van der Waals surface area (Å²) in [7, 11) is -3.13. The second-order valence-corrected chi connectivity index (χ2v) is 9.65. The van der Waals surface area contributed by atoms with Crippen LogP contribution in [0.3, 0.4) is 0 Å². The summed E-state index contributed by atoms with van der Waals surface area (Å²) < 4.78 is 29.4. The number of hydrogen-bond acceptors (Lipinski definition) is 5. The van der Waals surface area contributed by atoms with Gasteiger partial charge in [-0.25, -0.2) is 8.42 Å². The lowest BCUT2D eigenvalue weighted by Gasteiger charge is -2.27. The molecule has 0 N–H and O–H groups in total. The Morgan fingerprint density at radius 1 is 1.14 bits per heavy atom. The van der Waals surface area contributed by atoms with E-state index in [-0.39, 0.29) is 29.1 Å². The van der Waals surface area contributed by atoms with Crippen molar-refractivity contribution in [2.45, 2.75) is 25.9 Å². The number of carbonyl (C=O) groups excluding carboxylic acids is 1. The molecule has 1 fully saturated rings. The molecule has 2 heterocycles. The molecule has 150 valence electrons. The zero-order valence-electron chi connectivity index (χ0n) is 16.1. The van der Waals surface area contributed by atoms with Crippen molar-refractivity contribution in [3.8, 4) is 11.3 Å². The number of carbonyl (C=O) groups is 1. The number of sulfone groups is 1. The van der Waals surface area contributed by atoms with Crippen LogP contribution in [0.2, 0.25) is 0 Å². The highest BCUT2D eigenvalue weighted by Crippen LogP contribution is 2.25. The van der Waals surface area contributed by atoms with E-state index in [1.807, 2.05) is 61.5 Å². The van der Waals surface area contributed by atoms with Crippen molar-refractivity contribution >= 4 is 15.7 Å². The van der Waals surface area contributed by atoms with Crippen molar-refractivity contribution in [1.82, 2.24) is 10.1 Å². The highest BCUT2D eigenvalue weighted by Gasteiger charge is 2.36. The van der Waals surface area contributed by atoms with E-state index in [1.54, 1.807) is 11.0 Å². The van der Waals surface area contributed by atoms with Crippen LogP contribution in [0.4, 0.5) is 0 Å². The first kappa shape index (κ1) is 19.4. The fourth-order valence-electron chi connectivity index (χ4n) is 3.55. The van der Waals surface area contributed by atoms with Crippen LogP contribution in [0, 0.1) is 6.92 Å². The van der Waals surface area contributed by atoms with Gasteiger partial charge in [-0.3, -0.25) is 4.79 Å². The Hall–Kier alpha value is -2.93. The van der Waals surface area contributed by atoms with Gasteiger partial charge in [-0.15, -0.1) is 0 Å². The van der Waals surface area contributed by atoms with Gasteiger partial charge in [0, 0.05) is 24.2 Å². The summed E-state index contributed by atoms with van der Waals surface area (Å²) in [6.45, 7) is 2.32. The molecule has 0 radical (unpaired) electrons. The highest BCUT2D eigenvalue weighted by atomic mass is 32.2. The maximum atomic E-state index is 13.3. The number of nitrogens with zero attached hydrogens (tertiary/aromatic N) is 2. The molecule has 1 amide bonds. The van der Waals surface area contributed by atoms with Crippen molar-refractivity contribution in [1.29, 1.82) is 0 Å². The predicted octanol–water partition coefficient (Wildman–Crippen LogP) is 3.48. The zero-order valence-corrected chi connectivity index (χ0v) is 16.9. The van der Waals surface area contributed by atoms with Gasteiger partial charge in [0.2, 0.25) is 0 Å². The molecule has 0 aliphatic carbocycles. The molecule has 0 bridgehead atoms. The Morgan fingerprint density at radius 3 is 2.52 bits per heavy atom. The molecule has 0 spiro atoms. The highest BCUT2D eigenvalue weighted by molar-refractivity contribution is 7.91. The van der Waals surface area contributed by atoms with Crippen LogP contribution in [-0.2, 0) is 16.4 Å². The topological polar surface area (TPSA) is 80.5 Å². The molecular weight excluding hydrogens is 388 g/mol. The summed E-state index contributed by atoms with van der Waals surface area (Å²) in [5.74, 6) is 0.267. The van der Waals surface area contributed by atoms with Gasteiger partial charge in [0.15, 0.2) is 21.3 Å². The van der Waals surface area contributed by atoms with Crippen LogP contribution in [-0.4, -0.2) is 41.9 Å². The minimum absolute atomic E-state index is 0.0196. The molecule has 6 nitrogen and oxygen atoms in total. The normalized spacial score (nSPS) is 17.9. The van der Waals surface area contributed by atoms with Crippen molar-refractivity contribution in [3.05, 3.63) is 77.5 Å². The smallest absolute Gasteiger partial charge is 0.276 e. The molecule has 2 aromatic carbocycles. The monoisotopic (exact) mass is 410 g/mol. The predicted molar refractivity (Wildman–Crippen MR) is 110 cm³/mol. The first-order chi connectivity index (χ1) is 13.9. The summed E-state index contributed by atoms with van der Waals surface area (Å²) in [4.78, 5) is 14.9. The van der Waals surface area contributed by atoms with E-state index >= 15 is 0 Å². The molecule has 3 aromatic rings. The average Bonchev–Trinajstić information content (AvgIpc) is 3.34. The third kappa shape index (κ3) is 4.40. The van der Waals surface area contributed by atoms with Crippen molar-refractivity contribution in [3.63, 3.8) is 0 Å². The lowest BCUT2D eigenvalue weighted by Crippen LogP contribution is -2.40. The minimum Gasteiger partial charge on any atom is -0.355 e. The second kappa shape index (κ2) is 7.83. The standard InChI is InChI=1S/C22H22N2O4S/c1-16-7-9-18(10-8-16)21-13-20(23-28-21)22(25)24(14-17-5-3-2-4-6-17)19-11-12-29(26,27)15-19/h2-10,13,19H,11-12,14-15H2,1H3/t19-/m0/s1. The van der Waals surface area contributed by atoms with Gasteiger partial charge < -0.3 is 9.42 Å². The van der Waals surface area contributed by atoms with E-state index in [2.05, 4.69) is 5.16 Å². The average molecular weight is 410 g/mol. The summed E-state index contributed by atoms with van der Waals surface area (Å²) in [5.41, 5.74) is 3.08. The molecule has 1 saturated heterocycles. The van der Waals surface area contributed by atoms with Gasteiger partial charge in [-0.2, -0.15) is 0 Å². The third-order valence-corrected chi connectivity index (χ3v) is 6.92. The Kier molecular flexibility index (Phi) is 5.24. The van der Waals surface area contributed by atoms with Crippen LogP contribution < -0.4 is 0 Å². The lowest BCUT2D eigenvalue weighted by atomic mass is 10.1. The summed E-state index contributed by atoms with van der Waals surface area (Å²) >= 11 is 0. The first-order valence-electron chi connectivity index (χ1n) is 9.50. The fourth-order valence-corrected chi connectivity index (χ4v) is 5.28. The molecular formula is C22H22N2O4S.